The summed E-state index contributed by atoms with van der Waals surface area (Å²) in [6, 6.07) is 6.09. The summed E-state index contributed by atoms with van der Waals surface area (Å²) >= 11 is 0. The van der Waals surface area contributed by atoms with E-state index in [1.54, 1.807) is 42.8 Å². The van der Waals surface area contributed by atoms with Gasteiger partial charge in [0.15, 0.2) is 18.4 Å². The molecule has 0 bridgehead atoms. The van der Waals surface area contributed by atoms with E-state index in [9.17, 15) is 26.7 Å². The first-order valence-electron chi connectivity index (χ1n) is 25.5. The zero-order valence-electron chi connectivity index (χ0n) is 44.0. The second kappa shape index (κ2) is 21.3. The molecule has 11 nitrogen and oxygen atoms in total. The van der Waals surface area contributed by atoms with Gasteiger partial charge in [-0.25, -0.2) is 31.8 Å². The monoisotopic (exact) mass is 1070 g/mol. The van der Waals surface area contributed by atoms with Crippen molar-refractivity contribution in [3.05, 3.63) is 82.6 Å². The van der Waals surface area contributed by atoms with E-state index in [0.717, 1.165) is 6.42 Å². The van der Waals surface area contributed by atoms with Crippen molar-refractivity contribution in [2.24, 2.45) is 0 Å². The van der Waals surface area contributed by atoms with Gasteiger partial charge in [-0.05, 0) is 111 Å². The number of carbonyl (C=O) groups excluding carboxylic acids is 1. The molecule has 3 fully saturated rings. The summed E-state index contributed by atoms with van der Waals surface area (Å²) in [5.74, 6) is -1.61. The molecule has 20 heteroatoms. The van der Waals surface area contributed by atoms with Crippen LogP contribution in [0.5, 0.6) is 11.8 Å². The fourth-order valence-corrected chi connectivity index (χ4v) is 17.0. The van der Waals surface area contributed by atoms with Gasteiger partial charge >= 0.3 is 18.3 Å². The van der Waals surface area contributed by atoms with Gasteiger partial charge in [0, 0.05) is 56.4 Å². The average molecular weight is 1070 g/mol. The molecule has 3 saturated heterocycles. The van der Waals surface area contributed by atoms with Gasteiger partial charge in [-0.3, -0.25) is 14.9 Å². The summed E-state index contributed by atoms with van der Waals surface area (Å²) in [5.41, 5.74) is -0.277. The molecule has 0 aliphatic carbocycles. The first-order valence-corrected chi connectivity index (χ1v) is 27.7. The molecule has 5 aromatic rings. The van der Waals surface area contributed by atoms with Crippen molar-refractivity contribution in [1.82, 2.24) is 24.9 Å². The Morgan fingerprint density at radius 3 is 2.21 bits per heavy atom. The number of ether oxygens (including phenoxy) is 4. The standard InChI is InChI=1S/C55H64F8N6O5Si/c1-31(2)75(32(3)4,33(5)6)21-17-38-41(57)15-14-34-22-37(73-30-71-10)25-39(45(34)38)48-47(60)49-40(27-64-48)50(68-19-12-11-13-20-69(68)52(70)74-53(7,8)9)66-51(65-49)72-29-54-18-16-44(67(54)28-36(56)26-54)35-23-42(58)46(43(59)24-35)55(61,62)63/h14-15,22-25,27,31-33,36,44H,11-13,16,18-20,26,28-30H2,1-10H3/t36-,44-,54+/m1/s1. The van der Waals surface area contributed by atoms with Gasteiger partial charge in [-0.15, -0.1) is 5.54 Å². The number of methoxy groups -OCH3 is 1. The zero-order chi connectivity index (χ0) is 54.5. The van der Waals surface area contributed by atoms with Gasteiger partial charge in [-0.2, -0.15) is 23.1 Å². The highest BCUT2D eigenvalue weighted by Gasteiger charge is 2.54. The van der Waals surface area contributed by atoms with Crippen LogP contribution in [0, 0.1) is 34.7 Å². The molecular formula is C55H64F8N6O5Si. The first-order chi connectivity index (χ1) is 35.3. The van der Waals surface area contributed by atoms with Crippen molar-refractivity contribution in [3.63, 3.8) is 0 Å². The Hall–Kier alpha value is -5.78. The number of hydrazine groups is 1. The number of hydrogen-bond acceptors (Lipinski definition) is 10. The van der Waals surface area contributed by atoms with Crippen LogP contribution in [0.4, 0.5) is 45.7 Å². The number of halogens is 8. The lowest BCUT2D eigenvalue weighted by atomic mass is 9.94. The van der Waals surface area contributed by atoms with Gasteiger partial charge in [0.1, 0.15) is 66.4 Å². The van der Waals surface area contributed by atoms with Crippen LogP contribution in [0.2, 0.25) is 16.6 Å². The summed E-state index contributed by atoms with van der Waals surface area (Å²) in [7, 11) is -0.994. The van der Waals surface area contributed by atoms with E-state index in [1.807, 2.05) is 0 Å². The van der Waals surface area contributed by atoms with Gasteiger partial charge in [-0.1, -0.05) is 53.5 Å². The van der Waals surface area contributed by atoms with Crippen LogP contribution in [0.25, 0.3) is 32.9 Å². The number of hydrogen-bond donors (Lipinski definition) is 0. The van der Waals surface area contributed by atoms with Crippen molar-refractivity contribution < 1.29 is 58.9 Å². The second-order valence-electron chi connectivity index (χ2n) is 21.9. The number of pyridine rings is 1. The van der Waals surface area contributed by atoms with E-state index in [2.05, 4.69) is 58.0 Å². The molecule has 5 heterocycles. The summed E-state index contributed by atoms with van der Waals surface area (Å²) in [6.45, 7) is 17.8. The maximum absolute atomic E-state index is 18.2. The van der Waals surface area contributed by atoms with E-state index in [1.165, 1.54) is 30.4 Å². The molecule has 3 aliphatic rings. The minimum atomic E-state index is -5.28. The topological polar surface area (TPSA) is 102 Å². The number of nitrogens with zero attached hydrogens (tertiary/aromatic N) is 6. The molecule has 0 unspecified atom stereocenters. The molecule has 3 aliphatic heterocycles. The Morgan fingerprint density at radius 2 is 1.57 bits per heavy atom. The van der Waals surface area contributed by atoms with Crippen molar-refractivity contribution >= 4 is 41.7 Å². The number of rotatable bonds is 12. The number of aromatic nitrogens is 3. The van der Waals surface area contributed by atoms with Gasteiger partial charge < -0.3 is 18.9 Å². The van der Waals surface area contributed by atoms with Crippen molar-refractivity contribution in [1.29, 1.82) is 0 Å². The molecule has 3 aromatic carbocycles. The fourth-order valence-electron chi connectivity index (χ4n) is 11.8. The van der Waals surface area contributed by atoms with E-state index in [0.29, 0.717) is 30.4 Å². The molecule has 75 heavy (non-hydrogen) atoms. The number of benzene rings is 3. The molecular weight excluding hydrogens is 1000 g/mol. The van der Waals surface area contributed by atoms with Crippen LogP contribution in [-0.4, -0.2) is 96.5 Å². The largest absolute Gasteiger partial charge is 0.468 e. The molecule has 0 N–H and O–H groups in total. The molecule has 0 spiro atoms. The molecule has 8 rings (SSSR count). The molecule has 0 radical (unpaired) electrons. The van der Waals surface area contributed by atoms with Crippen LogP contribution < -0.4 is 14.5 Å². The molecule has 404 valence electrons. The Labute approximate surface area is 433 Å². The lowest BCUT2D eigenvalue weighted by Crippen LogP contribution is -2.49. The van der Waals surface area contributed by atoms with E-state index in [-0.39, 0.29) is 125 Å². The SMILES string of the molecule is COCOc1cc(-c2ncc3c(N4CCCCCN4C(=O)OC(C)(C)C)nc(OC[C@@]45CC[C@H](c6cc(F)c(C(F)(F)F)c(F)c6)N4C[C@H](F)C5)nc3c2F)c2c(C#C[Si](C(C)C)(C(C)C)C(C)C)c(F)ccc2c1. The average Bonchev–Trinajstić information content (AvgIpc) is 3.70. The van der Waals surface area contributed by atoms with Crippen molar-refractivity contribution in [2.45, 2.75) is 147 Å². The predicted octanol–water partition coefficient (Wildman–Crippen LogP) is 13.8. The van der Waals surface area contributed by atoms with Crippen LogP contribution in [0.1, 0.15) is 124 Å². The minimum Gasteiger partial charge on any atom is -0.468 e. The van der Waals surface area contributed by atoms with Crippen LogP contribution >= 0.6 is 0 Å². The number of amides is 1. The molecule has 0 saturated carbocycles. The third-order valence-electron chi connectivity index (χ3n) is 15.0. The van der Waals surface area contributed by atoms with E-state index in [4.69, 9.17) is 28.9 Å². The summed E-state index contributed by atoms with van der Waals surface area (Å²) in [4.78, 5) is 29.8. The highest BCUT2D eigenvalue weighted by Crippen LogP contribution is 2.51. The predicted molar refractivity (Wildman–Crippen MR) is 273 cm³/mol. The molecule has 3 atom stereocenters. The maximum Gasteiger partial charge on any atom is 0.429 e. The van der Waals surface area contributed by atoms with Gasteiger partial charge in [0.2, 0.25) is 0 Å². The number of fused-ring (bicyclic) bond motifs is 3. The molecule has 2 aromatic heterocycles. The number of anilines is 1. The van der Waals surface area contributed by atoms with Crippen molar-refractivity contribution in [3.8, 4) is 34.5 Å². The fraction of sp³-hybridized carbons (Fsp3) is 0.527. The Balaban J connectivity index is 1.30. The third-order valence-corrected chi connectivity index (χ3v) is 21.3. The highest BCUT2D eigenvalue weighted by atomic mass is 28.3. The Morgan fingerprint density at radius 1 is 0.893 bits per heavy atom. The van der Waals surface area contributed by atoms with Crippen LogP contribution in [-0.2, 0) is 15.7 Å². The third kappa shape index (κ3) is 10.8. The van der Waals surface area contributed by atoms with Crippen molar-refractivity contribution in [2.75, 3.05) is 45.2 Å². The maximum atomic E-state index is 18.2. The van der Waals surface area contributed by atoms with E-state index < -0.39 is 72.5 Å². The summed E-state index contributed by atoms with van der Waals surface area (Å²) in [6.07, 6.45) is -3.86. The van der Waals surface area contributed by atoms with Crippen LogP contribution in [0.15, 0.2) is 42.6 Å². The minimum absolute atomic E-state index is 0.0295. The van der Waals surface area contributed by atoms with Gasteiger partial charge in [0.25, 0.3) is 0 Å². The summed E-state index contributed by atoms with van der Waals surface area (Å²) < 4.78 is 144. The molecule has 1 amide bonds. The second-order valence-corrected chi connectivity index (χ2v) is 27.4. The lowest BCUT2D eigenvalue weighted by Gasteiger charge is -2.38. The van der Waals surface area contributed by atoms with E-state index >= 15 is 13.2 Å². The lowest BCUT2D eigenvalue weighted by molar-refractivity contribution is -0.142. The normalized spacial score (nSPS) is 19.8. The summed E-state index contributed by atoms with van der Waals surface area (Å²) in [5, 5.41) is 3.78. The zero-order valence-corrected chi connectivity index (χ0v) is 45.0. The van der Waals surface area contributed by atoms with Gasteiger partial charge in [0.05, 0.1) is 16.5 Å². The number of alkyl halides is 4. The smallest absolute Gasteiger partial charge is 0.429 e. The highest BCUT2D eigenvalue weighted by molar-refractivity contribution is 6.90. The van der Waals surface area contributed by atoms with Crippen LogP contribution in [0.3, 0.4) is 0 Å². The quantitative estimate of drug-likeness (QED) is 0.0519. The Bertz CT molecular complexity index is 2990. The Kier molecular flexibility index (Phi) is 15.8. The number of carbonyl (C=O) groups is 1. The first kappa shape index (κ1) is 55.4.